The van der Waals surface area contributed by atoms with Crippen LogP contribution in [-0.2, 0) is 9.84 Å². The van der Waals surface area contributed by atoms with Gasteiger partial charge in [0.1, 0.15) is 0 Å². The fourth-order valence-electron chi connectivity index (χ4n) is 3.15. The molecule has 32 heavy (non-hydrogen) atoms. The summed E-state index contributed by atoms with van der Waals surface area (Å²) < 4.78 is 23.0. The minimum absolute atomic E-state index is 0.338. The maximum atomic E-state index is 12.6. The third-order valence-corrected chi connectivity index (χ3v) is 6.53. The van der Waals surface area contributed by atoms with Gasteiger partial charge in [0.2, 0.25) is 0 Å². The summed E-state index contributed by atoms with van der Waals surface area (Å²) in [5, 5.41) is 14.2. The molecule has 0 saturated carbocycles. The highest BCUT2D eigenvalue weighted by molar-refractivity contribution is 7.97. The van der Waals surface area contributed by atoms with Crippen LogP contribution in [-0.4, -0.2) is 29.3 Å². The maximum Gasteiger partial charge on any atom is 0.331 e. The van der Waals surface area contributed by atoms with Crippen molar-refractivity contribution in [3.05, 3.63) is 76.6 Å². The number of aryl methyl sites for hydroxylation is 2. The average molecular weight is 464 g/mol. The second-order valence-corrected chi connectivity index (χ2v) is 9.75. The van der Waals surface area contributed by atoms with E-state index in [1.807, 2.05) is 32.0 Å². The summed E-state index contributed by atoms with van der Waals surface area (Å²) in [7, 11) is -3.44. The predicted octanol–water partition coefficient (Wildman–Crippen LogP) is 4.57. The first-order valence-electron chi connectivity index (χ1n) is 9.42. The van der Waals surface area contributed by atoms with E-state index in [1.54, 1.807) is 18.2 Å². The first kappa shape index (κ1) is 21.4. The molecule has 2 aromatic heterocycles. The van der Waals surface area contributed by atoms with Gasteiger partial charge in [0, 0.05) is 29.4 Å². The highest BCUT2D eigenvalue weighted by Crippen LogP contribution is 2.39. The minimum atomic E-state index is -3.44. The van der Waals surface area contributed by atoms with Crippen molar-refractivity contribution in [1.29, 1.82) is 5.26 Å². The van der Waals surface area contributed by atoms with E-state index in [-0.39, 0.29) is 0 Å². The summed E-state index contributed by atoms with van der Waals surface area (Å²) in [6.07, 6.45) is 2.35. The molecule has 10 heteroatoms. The number of nitrogens with one attached hydrogen (secondary N) is 1. The number of carbonyl (C=O) groups excluding carboxylic acids is 1. The lowest BCUT2D eigenvalue weighted by Gasteiger charge is -2.15. The van der Waals surface area contributed by atoms with E-state index in [4.69, 9.17) is 0 Å². The number of carbonyl (C=O) groups is 1. The fourth-order valence-corrected chi connectivity index (χ4v) is 4.81. The van der Waals surface area contributed by atoms with Gasteiger partial charge in [0.15, 0.2) is 15.0 Å². The topological polar surface area (TPSA) is 116 Å². The van der Waals surface area contributed by atoms with Crippen LogP contribution >= 0.6 is 11.3 Å². The van der Waals surface area contributed by atoms with Crippen LogP contribution in [0.25, 0.3) is 21.7 Å². The molecule has 1 N–H and O–H groups in total. The molecule has 1 aromatic carbocycles. The van der Waals surface area contributed by atoms with E-state index < -0.39 is 15.9 Å². The quantitative estimate of drug-likeness (QED) is 0.608. The van der Waals surface area contributed by atoms with Crippen molar-refractivity contribution in [2.45, 2.75) is 13.8 Å². The van der Waals surface area contributed by atoms with Crippen LogP contribution in [0.1, 0.15) is 17.0 Å². The molecule has 3 aromatic rings. The van der Waals surface area contributed by atoms with Crippen molar-refractivity contribution in [3.63, 3.8) is 0 Å². The summed E-state index contributed by atoms with van der Waals surface area (Å²) in [4.78, 5) is 23.6. The smallest absolute Gasteiger partial charge is 0.283 e. The summed E-state index contributed by atoms with van der Waals surface area (Å²) in [5.41, 5.74) is 4.46. The van der Waals surface area contributed by atoms with Gasteiger partial charge < -0.3 is 0 Å². The van der Waals surface area contributed by atoms with Crippen LogP contribution in [0.2, 0.25) is 0 Å². The highest BCUT2D eigenvalue weighted by atomic mass is 32.2. The lowest BCUT2D eigenvalue weighted by Crippen LogP contribution is -2.27. The zero-order valence-electron chi connectivity index (χ0n) is 17.1. The maximum absolute atomic E-state index is 12.6. The zero-order chi connectivity index (χ0) is 22.9. The Bertz CT molecular complexity index is 1390. The molecule has 0 bridgehead atoms. The summed E-state index contributed by atoms with van der Waals surface area (Å²) in [6, 6.07) is 12.5. The SMILES string of the molecule is Cc1cc(-c2sc(NC(=O)N3C=CS(=O)(=O)C=C3)nc2-c2cccc(C#N)c2)cc(C)n1. The zero-order valence-corrected chi connectivity index (χ0v) is 18.7. The average Bonchev–Trinajstić information content (AvgIpc) is 3.17. The monoisotopic (exact) mass is 463 g/mol. The first-order valence-corrected chi connectivity index (χ1v) is 11.8. The van der Waals surface area contributed by atoms with Crippen LogP contribution in [0.5, 0.6) is 0 Å². The van der Waals surface area contributed by atoms with Gasteiger partial charge in [-0.15, -0.1) is 0 Å². The number of anilines is 1. The number of urea groups is 1. The van der Waals surface area contributed by atoms with Gasteiger partial charge >= 0.3 is 6.03 Å². The normalized spacial score (nSPS) is 14.2. The number of pyridine rings is 1. The van der Waals surface area contributed by atoms with Gasteiger partial charge in [-0.25, -0.2) is 18.2 Å². The fraction of sp³-hybridized carbons (Fsp3) is 0.0909. The molecule has 3 heterocycles. The van der Waals surface area contributed by atoms with E-state index in [2.05, 4.69) is 21.4 Å². The Morgan fingerprint density at radius 3 is 2.41 bits per heavy atom. The van der Waals surface area contributed by atoms with Crippen molar-refractivity contribution in [1.82, 2.24) is 14.9 Å². The van der Waals surface area contributed by atoms with Crippen LogP contribution in [0.3, 0.4) is 0 Å². The summed E-state index contributed by atoms with van der Waals surface area (Å²) >= 11 is 1.28. The molecule has 0 aliphatic carbocycles. The molecule has 0 atom stereocenters. The molecule has 4 rings (SSSR count). The second-order valence-electron chi connectivity index (χ2n) is 7.02. The Kier molecular flexibility index (Phi) is 5.61. The Balaban J connectivity index is 1.75. The molecule has 160 valence electrons. The van der Waals surface area contributed by atoms with Crippen molar-refractivity contribution in [3.8, 4) is 27.8 Å². The van der Waals surface area contributed by atoms with Crippen LogP contribution in [0.15, 0.2) is 59.6 Å². The van der Waals surface area contributed by atoms with Gasteiger partial charge in [-0.3, -0.25) is 15.2 Å². The van der Waals surface area contributed by atoms with E-state index in [9.17, 15) is 18.5 Å². The van der Waals surface area contributed by atoms with Crippen molar-refractivity contribution < 1.29 is 13.2 Å². The van der Waals surface area contributed by atoms with Crippen molar-refractivity contribution in [2.24, 2.45) is 0 Å². The van der Waals surface area contributed by atoms with Gasteiger partial charge in [-0.05, 0) is 43.7 Å². The number of thiazole rings is 1. The molecule has 0 spiro atoms. The highest BCUT2D eigenvalue weighted by Gasteiger charge is 2.20. The Morgan fingerprint density at radius 2 is 1.75 bits per heavy atom. The van der Waals surface area contributed by atoms with Crippen LogP contribution in [0.4, 0.5) is 9.93 Å². The number of nitriles is 1. The molecule has 1 aliphatic heterocycles. The second kappa shape index (κ2) is 8.37. The van der Waals surface area contributed by atoms with E-state index in [1.165, 1.54) is 23.7 Å². The lowest BCUT2D eigenvalue weighted by atomic mass is 10.0. The number of nitrogens with zero attached hydrogens (tertiary/aromatic N) is 4. The predicted molar refractivity (Wildman–Crippen MR) is 123 cm³/mol. The van der Waals surface area contributed by atoms with Gasteiger partial charge in [-0.2, -0.15) is 5.26 Å². The molecule has 2 amide bonds. The number of benzene rings is 1. The number of aromatic nitrogens is 2. The number of amides is 2. The molecule has 0 saturated heterocycles. The lowest BCUT2D eigenvalue weighted by molar-refractivity contribution is 0.239. The number of sulfone groups is 1. The van der Waals surface area contributed by atoms with E-state index in [0.717, 1.165) is 43.1 Å². The van der Waals surface area contributed by atoms with Gasteiger partial charge in [0.25, 0.3) is 0 Å². The van der Waals surface area contributed by atoms with Crippen molar-refractivity contribution in [2.75, 3.05) is 5.32 Å². The van der Waals surface area contributed by atoms with Crippen LogP contribution < -0.4 is 5.32 Å². The largest absolute Gasteiger partial charge is 0.331 e. The van der Waals surface area contributed by atoms with Crippen molar-refractivity contribution >= 4 is 32.3 Å². The molecule has 1 aliphatic rings. The number of hydrogen-bond acceptors (Lipinski definition) is 7. The van der Waals surface area contributed by atoms with E-state index >= 15 is 0 Å². The molecule has 0 radical (unpaired) electrons. The number of rotatable bonds is 3. The van der Waals surface area contributed by atoms with E-state index in [0.29, 0.717) is 16.4 Å². The summed E-state index contributed by atoms with van der Waals surface area (Å²) in [5.74, 6) is 0. The summed E-state index contributed by atoms with van der Waals surface area (Å²) in [6.45, 7) is 3.80. The van der Waals surface area contributed by atoms with Gasteiger partial charge in [-0.1, -0.05) is 23.5 Å². The Hall–Kier alpha value is -3.81. The molecular weight excluding hydrogens is 446 g/mol. The standard InChI is InChI=1S/C22H17N5O3S2/c1-14-10-18(11-15(2)24-14)20-19(17-5-3-4-16(12-17)13-23)25-21(31-20)26-22(28)27-6-8-32(29,30)9-7-27/h3-12H,1-2H3,(H,25,26,28). The third-order valence-electron chi connectivity index (χ3n) is 4.51. The van der Waals surface area contributed by atoms with Gasteiger partial charge in [0.05, 0.1) is 33.0 Å². The first-order chi connectivity index (χ1) is 15.2. The van der Waals surface area contributed by atoms with Crippen LogP contribution in [0, 0.1) is 25.2 Å². The molecule has 0 fully saturated rings. The molecule has 0 unspecified atom stereocenters. The minimum Gasteiger partial charge on any atom is -0.283 e. The third kappa shape index (κ3) is 4.59. The molecular formula is C22H17N5O3S2. The Labute approximate surface area is 189 Å². The molecule has 8 nitrogen and oxygen atoms in total. The number of hydrogen-bond donors (Lipinski definition) is 1. The Morgan fingerprint density at radius 1 is 1.06 bits per heavy atom.